The molecule has 0 spiro atoms. The Morgan fingerprint density at radius 1 is 1.36 bits per heavy atom. The van der Waals surface area contributed by atoms with Crippen LogP contribution >= 0.6 is 0 Å². The second kappa shape index (κ2) is 3.23. The third-order valence-corrected chi connectivity index (χ3v) is 4.28. The van der Waals surface area contributed by atoms with Crippen LogP contribution in [-0.4, -0.2) is 16.6 Å². The van der Waals surface area contributed by atoms with Crippen LogP contribution < -0.4 is 5.73 Å². The monoisotopic (exact) mass is 197 g/mol. The highest BCUT2D eigenvalue weighted by molar-refractivity contribution is 5.78. The highest BCUT2D eigenvalue weighted by atomic mass is 16.4. The maximum absolute atomic E-state index is 11.1. The van der Waals surface area contributed by atoms with Crippen LogP contribution in [-0.2, 0) is 4.79 Å². The van der Waals surface area contributed by atoms with E-state index in [9.17, 15) is 4.79 Å². The summed E-state index contributed by atoms with van der Waals surface area (Å²) in [5.74, 6) is 0.667. The highest BCUT2D eigenvalue weighted by Crippen LogP contribution is 2.48. The van der Waals surface area contributed by atoms with Gasteiger partial charge in [-0.3, -0.25) is 4.79 Å². The lowest BCUT2D eigenvalue weighted by molar-refractivity contribution is -0.147. The molecule has 3 heteroatoms. The molecule has 3 aliphatic rings. The molecule has 3 aliphatic carbocycles. The number of hydrogen-bond acceptors (Lipinski definition) is 2. The summed E-state index contributed by atoms with van der Waals surface area (Å²) in [5.41, 5.74) is 4.91. The van der Waals surface area contributed by atoms with Gasteiger partial charge in [0.05, 0.1) is 0 Å². The maximum Gasteiger partial charge on any atom is 0.323 e. The number of carboxylic acid groups (broad SMARTS) is 1. The van der Waals surface area contributed by atoms with Crippen molar-refractivity contribution in [1.29, 1.82) is 0 Å². The zero-order valence-electron chi connectivity index (χ0n) is 8.70. The van der Waals surface area contributed by atoms with Crippen molar-refractivity contribution in [3.8, 4) is 0 Å². The quantitative estimate of drug-likeness (QED) is 0.707. The van der Waals surface area contributed by atoms with Crippen LogP contribution in [0.25, 0.3) is 0 Å². The summed E-state index contributed by atoms with van der Waals surface area (Å²) >= 11 is 0. The van der Waals surface area contributed by atoms with Gasteiger partial charge >= 0.3 is 5.97 Å². The van der Waals surface area contributed by atoms with Gasteiger partial charge in [0, 0.05) is 0 Å². The van der Waals surface area contributed by atoms with Gasteiger partial charge in [-0.1, -0.05) is 12.8 Å². The predicted molar refractivity (Wildman–Crippen MR) is 53.8 cm³/mol. The van der Waals surface area contributed by atoms with E-state index in [4.69, 9.17) is 10.8 Å². The molecule has 0 saturated heterocycles. The molecule has 0 aromatic heterocycles. The molecule has 0 aromatic carbocycles. The van der Waals surface area contributed by atoms with Gasteiger partial charge in [-0.15, -0.1) is 0 Å². The summed E-state index contributed by atoms with van der Waals surface area (Å²) in [6, 6.07) is 0. The van der Waals surface area contributed by atoms with Gasteiger partial charge in [0.25, 0.3) is 0 Å². The molecule has 14 heavy (non-hydrogen) atoms. The smallest absolute Gasteiger partial charge is 0.323 e. The van der Waals surface area contributed by atoms with Crippen molar-refractivity contribution in [2.75, 3.05) is 0 Å². The number of hydrogen-bond donors (Lipinski definition) is 2. The minimum Gasteiger partial charge on any atom is -0.480 e. The van der Waals surface area contributed by atoms with Crippen LogP contribution in [0.15, 0.2) is 0 Å². The molecule has 3 nitrogen and oxygen atoms in total. The third-order valence-electron chi connectivity index (χ3n) is 4.28. The second-order valence-corrected chi connectivity index (χ2v) is 5.21. The van der Waals surface area contributed by atoms with E-state index < -0.39 is 11.5 Å². The van der Waals surface area contributed by atoms with Crippen molar-refractivity contribution in [2.45, 2.75) is 44.6 Å². The van der Waals surface area contributed by atoms with Gasteiger partial charge in [-0.05, 0) is 43.9 Å². The first-order chi connectivity index (χ1) is 6.51. The molecule has 0 heterocycles. The second-order valence-electron chi connectivity index (χ2n) is 5.21. The van der Waals surface area contributed by atoms with Gasteiger partial charge in [-0.2, -0.15) is 0 Å². The highest BCUT2D eigenvalue weighted by Gasteiger charge is 2.47. The number of nitrogens with two attached hydrogens (primary N) is 1. The lowest BCUT2D eigenvalue weighted by Crippen LogP contribution is -2.56. The summed E-state index contributed by atoms with van der Waals surface area (Å²) in [4.78, 5) is 11.1. The minimum absolute atomic E-state index is 0.201. The Morgan fingerprint density at radius 2 is 1.93 bits per heavy atom. The van der Waals surface area contributed by atoms with Crippen molar-refractivity contribution in [3.63, 3.8) is 0 Å². The summed E-state index contributed by atoms with van der Waals surface area (Å²) < 4.78 is 0. The Bertz CT molecular complexity index is 242. The van der Waals surface area contributed by atoms with E-state index in [1.54, 1.807) is 6.92 Å². The number of rotatable bonds is 2. The van der Waals surface area contributed by atoms with Crippen LogP contribution in [0.5, 0.6) is 0 Å². The Labute approximate surface area is 84.7 Å². The maximum atomic E-state index is 11.1. The van der Waals surface area contributed by atoms with Gasteiger partial charge < -0.3 is 10.8 Å². The molecule has 3 fully saturated rings. The van der Waals surface area contributed by atoms with Crippen LogP contribution in [0.2, 0.25) is 0 Å². The first kappa shape index (κ1) is 9.97. The van der Waals surface area contributed by atoms with E-state index >= 15 is 0 Å². The zero-order valence-corrected chi connectivity index (χ0v) is 8.70. The zero-order chi connectivity index (χ0) is 10.3. The molecule has 3 saturated carbocycles. The first-order valence-electron chi connectivity index (χ1n) is 5.54. The van der Waals surface area contributed by atoms with Crippen LogP contribution in [0.1, 0.15) is 39.0 Å². The first-order valence-corrected chi connectivity index (χ1v) is 5.54. The Morgan fingerprint density at radius 3 is 2.29 bits per heavy atom. The van der Waals surface area contributed by atoms with Crippen LogP contribution in [0.3, 0.4) is 0 Å². The summed E-state index contributed by atoms with van der Waals surface area (Å²) in [5, 5.41) is 9.10. The lowest BCUT2D eigenvalue weighted by atomic mass is 9.59. The van der Waals surface area contributed by atoms with Gasteiger partial charge in [0.2, 0.25) is 0 Å². The minimum atomic E-state index is -1.01. The third kappa shape index (κ3) is 1.44. The van der Waals surface area contributed by atoms with E-state index in [2.05, 4.69) is 0 Å². The molecule has 2 atom stereocenters. The SMILES string of the molecule is CC(N)(C(=O)O)C1CC2CCC1CC2. The fourth-order valence-electron chi connectivity index (χ4n) is 3.27. The van der Waals surface area contributed by atoms with Crippen LogP contribution in [0.4, 0.5) is 0 Å². The molecule has 0 aromatic rings. The van der Waals surface area contributed by atoms with E-state index in [0.29, 0.717) is 5.92 Å². The van der Waals surface area contributed by atoms with Gasteiger partial charge in [0.15, 0.2) is 0 Å². The largest absolute Gasteiger partial charge is 0.480 e. The van der Waals surface area contributed by atoms with Crippen molar-refractivity contribution in [1.82, 2.24) is 0 Å². The Balaban J connectivity index is 2.15. The molecule has 2 bridgehead atoms. The van der Waals surface area contributed by atoms with Crippen molar-refractivity contribution >= 4 is 5.97 Å². The number of fused-ring (bicyclic) bond motifs is 3. The normalized spacial score (nSPS) is 40.6. The summed E-state index contributed by atoms with van der Waals surface area (Å²) in [6.07, 6.45) is 5.99. The molecule has 80 valence electrons. The van der Waals surface area contributed by atoms with E-state index in [1.165, 1.54) is 25.7 Å². The van der Waals surface area contributed by atoms with Gasteiger partial charge in [-0.25, -0.2) is 0 Å². The van der Waals surface area contributed by atoms with Crippen molar-refractivity contribution in [2.24, 2.45) is 23.5 Å². The fraction of sp³-hybridized carbons (Fsp3) is 0.909. The predicted octanol–water partition coefficient (Wildman–Crippen LogP) is 1.61. The molecular weight excluding hydrogens is 178 g/mol. The van der Waals surface area contributed by atoms with E-state index in [1.807, 2.05) is 0 Å². The number of carboxylic acids is 1. The van der Waals surface area contributed by atoms with Crippen molar-refractivity contribution in [3.05, 3.63) is 0 Å². The van der Waals surface area contributed by atoms with Crippen molar-refractivity contribution < 1.29 is 9.90 Å². The molecule has 0 radical (unpaired) electrons. The summed E-state index contributed by atoms with van der Waals surface area (Å²) in [6.45, 7) is 1.68. The molecule has 3 N–H and O–H groups in total. The molecular formula is C11H19NO2. The topological polar surface area (TPSA) is 63.3 Å². The average molecular weight is 197 g/mol. The molecule has 0 amide bonds. The fourth-order valence-corrected chi connectivity index (χ4v) is 3.27. The molecule has 3 rings (SSSR count). The molecule has 0 aliphatic heterocycles. The van der Waals surface area contributed by atoms with E-state index in [-0.39, 0.29) is 5.92 Å². The number of carbonyl (C=O) groups is 1. The Hall–Kier alpha value is -0.570. The average Bonchev–Trinajstić information content (AvgIpc) is 2.19. The Kier molecular flexibility index (Phi) is 2.30. The standard InChI is InChI=1S/C11H19NO2/c1-11(12,10(13)14)9-6-7-2-4-8(9)5-3-7/h7-9H,2-6,12H2,1H3,(H,13,14). The number of aliphatic carboxylic acids is 1. The van der Waals surface area contributed by atoms with Gasteiger partial charge in [0.1, 0.15) is 5.54 Å². The molecule has 2 unspecified atom stereocenters. The lowest BCUT2D eigenvalue weighted by Gasteiger charge is -2.47. The van der Waals surface area contributed by atoms with Crippen LogP contribution in [0, 0.1) is 17.8 Å². The summed E-state index contributed by atoms with van der Waals surface area (Å²) in [7, 11) is 0. The van der Waals surface area contributed by atoms with E-state index in [0.717, 1.165) is 12.3 Å².